The second-order valence-corrected chi connectivity index (χ2v) is 25.6. The highest BCUT2D eigenvalue weighted by molar-refractivity contribution is 7.45. The van der Waals surface area contributed by atoms with Crippen LogP contribution in [0.1, 0.15) is 303 Å². The first-order chi connectivity index (χ1) is 39.5. The predicted octanol–water partition coefficient (Wildman–Crippen LogP) is 21.1. The van der Waals surface area contributed by atoms with Gasteiger partial charge in [-0.15, -0.1) is 0 Å². The van der Waals surface area contributed by atoms with E-state index in [9.17, 15) is 19.4 Å². The lowest BCUT2D eigenvalue weighted by molar-refractivity contribution is -0.870. The number of hydrogen-bond acceptors (Lipinski definition) is 6. The molecule has 0 rings (SSSR count). The predicted molar refractivity (Wildman–Crippen MR) is 353 cm³/mol. The van der Waals surface area contributed by atoms with Gasteiger partial charge in [0.2, 0.25) is 5.91 Å². The summed E-state index contributed by atoms with van der Waals surface area (Å²) in [7, 11) is 1.25. The van der Waals surface area contributed by atoms with Gasteiger partial charge in [-0.05, 0) is 83.5 Å². The Morgan fingerprint density at radius 3 is 1.15 bits per heavy atom. The van der Waals surface area contributed by atoms with E-state index in [1.807, 2.05) is 27.2 Å². The van der Waals surface area contributed by atoms with E-state index in [2.05, 4.69) is 104 Å². The van der Waals surface area contributed by atoms with Crippen LogP contribution in [0.25, 0.3) is 0 Å². The molecule has 3 atom stereocenters. The normalized spacial score (nSPS) is 14.3. The zero-order chi connectivity index (χ0) is 59.1. The summed E-state index contributed by atoms with van der Waals surface area (Å²) < 4.78 is 23.4. The van der Waals surface area contributed by atoms with Gasteiger partial charge in [0.1, 0.15) is 13.2 Å². The Bertz CT molecular complexity index is 1640. The number of unbranched alkanes of at least 4 members (excludes halogenated alkanes) is 35. The van der Waals surface area contributed by atoms with Crippen LogP contribution in [0.3, 0.4) is 0 Å². The number of nitrogens with one attached hydrogen (secondary N) is 1. The van der Waals surface area contributed by atoms with Crippen LogP contribution in [0, 0.1) is 0 Å². The molecule has 81 heavy (non-hydrogen) atoms. The van der Waals surface area contributed by atoms with Crippen molar-refractivity contribution in [1.82, 2.24) is 5.32 Å². The molecule has 0 radical (unpaired) electrons. The number of nitrogens with zero attached hydrogens (tertiary/aromatic N) is 1. The largest absolute Gasteiger partial charge is 0.756 e. The number of hydrogen-bond donors (Lipinski definition) is 2. The van der Waals surface area contributed by atoms with Crippen molar-refractivity contribution >= 4 is 13.7 Å². The summed E-state index contributed by atoms with van der Waals surface area (Å²) in [5, 5.41) is 13.9. The summed E-state index contributed by atoms with van der Waals surface area (Å²) in [5.41, 5.74) is 0. The number of likely N-dealkylation sites (N-methyl/N-ethyl adjacent to an activating group) is 1. The van der Waals surface area contributed by atoms with Crippen molar-refractivity contribution in [2.45, 2.75) is 315 Å². The number of quaternary nitrogens is 1. The van der Waals surface area contributed by atoms with Crippen LogP contribution in [0.5, 0.6) is 0 Å². The lowest BCUT2D eigenvalue weighted by atomic mass is 10.0. The molecule has 0 aromatic carbocycles. The zero-order valence-electron chi connectivity index (χ0n) is 53.7. The molecular formula is C72H131N2O6P. The van der Waals surface area contributed by atoms with Gasteiger partial charge in [0.15, 0.2) is 0 Å². The first-order valence-electron chi connectivity index (χ1n) is 34.1. The van der Waals surface area contributed by atoms with Gasteiger partial charge in [-0.1, -0.05) is 310 Å². The number of rotatable bonds is 62. The van der Waals surface area contributed by atoms with Crippen LogP contribution in [0.2, 0.25) is 0 Å². The average Bonchev–Trinajstić information content (AvgIpc) is 3.43. The SMILES string of the molecule is CC/C=C\C/C=C\C/C=C\C/C=C\C/C=C\C/C=C\CCCCCCCCCCCCCCCCCCCCC(=O)NC(COP(=O)([O-])OCC[N+](C)(C)C)C(O)/C=C/CC/C=C/CCCCCCCCCCCCCCCCCC. The molecular weight excluding hydrogens is 1020 g/mol. The van der Waals surface area contributed by atoms with Gasteiger partial charge >= 0.3 is 0 Å². The van der Waals surface area contributed by atoms with Crippen LogP contribution in [0.15, 0.2) is 97.2 Å². The molecule has 1 amide bonds. The van der Waals surface area contributed by atoms with Crippen LogP contribution in [-0.2, 0) is 18.4 Å². The van der Waals surface area contributed by atoms with Gasteiger partial charge in [0.25, 0.3) is 7.82 Å². The maximum Gasteiger partial charge on any atom is 0.268 e. The maximum absolute atomic E-state index is 13.0. The van der Waals surface area contributed by atoms with E-state index >= 15 is 0 Å². The highest BCUT2D eigenvalue weighted by atomic mass is 31.2. The van der Waals surface area contributed by atoms with Crippen molar-refractivity contribution in [3.05, 3.63) is 97.2 Å². The maximum atomic E-state index is 13.0. The fourth-order valence-electron chi connectivity index (χ4n) is 9.76. The first-order valence-corrected chi connectivity index (χ1v) is 35.6. The van der Waals surface area contributed by atoms with Crippen molar-refractivity contribution in [2.75, 3.05) is 40.9 Å². The molecule has 0 aromatic heterocycles. The minimum absolute atomic E-state index is 0.00810. The van der Waals surface area contributed by atoms with Crippen molar-refractivity contribution in [3.63, 3.8) is 0 Å². The lowest BCUT2D eigenvalue weighted by Gasteiger charge is -2.29. The minimum Gasteiger partial charge on any atom is -0.756 e. The van der Waals surface area contributed by atoms with Crippen molar-refractivity contribution in [1.29, 1.82) is 0 Å². The summed E-state index contributed by atoms with van der Waals surface area (Å²) in [4.78, 5) is 25.6. The van der Waals surface area contributed by atoms with E-state index < -0.39 is 26.6 Å². The molecule has 0 saturated heterocycles. The highest BCUT2D eigenvalue weighted by Crippen LogP contribution is 2.38. The highest BCUT2D eigenvalue weighted by Gasteiger charge is 2.23. The van der Waals surface area contributed by atoms with E-state index in [1.165, 1.54) is 205 Å². The molecule has 0 fully saturated rings. The monoisotopic (exact) mass is 1150 g/mol. The molecule has 0 saturated carbocycles. The van der Waals surface area contributed by atoms with Crippen LogP contribution in [-0.4, -0.2) is 68.5 Å². The Labute approximate surface area is 502 Å². The summed E-state index contributed by atoms with van der Waals surface area (Å²) >= 11 is 0. The topological polar surface area (TPSA) is 108 Å². The van der Waals surface area contributed by atoms with E-state index in [0.29, 0.717) is 17.4 Å². The first kappa shape index (κ1) is 78.4. The average molecular weight is 1150 g/mol. The third-order valence-electron chi connectivity index (χ3n) is 15.0. The van der Waals surface area contributed by atoms with Crippen LogP contribution in [0.4, 0.5) is 0 Å². The summed E-state index contributed by atoms with van der Waals surface area (Å²) in [5.74, 6) is -0.205. The fraction of sp³-hybridized carbons (Fsp3) is 0.764. The quantitative estimate of drug-likeness (QED) is 0.0272. The van der Waals surface area contributed by atoms with Crippen LogP contribution >= 0.6 is 7.82 Å². The number of carbonyl (C=O) groups is 1. The summed E-state index contributed by atoms with van der Waals surface area (Å²) in [6.07, 6.45) is 89.5. The van der Waals surface area contributed by atoms with Gasteiger partial charge in [0.05, 0.1) is 39.9 Å². The molecule has 0 aliphatic carbocycles. The van der Waals surface area contributed by atoms with Gasteiger partial charge < -0.3 is 28.8 Å². The molecule has 3 unspecified atom stereocenters. The zero-order valence-corrected chi connectivity index (χ0v) is 54.6. The number of carbonyl (C=O) groups excluding carboxylic acids is 1. The second kappa shape index (κ2) is 62.0. The van der Waals surface area contributed by atoms with Gasteiger partial charge in [0, 0.05) is 6.42 Å². The van der Waals surface area contributed by atoms with E-state index in [0.717, 1.165) is 77.0 Å². The number of allylic oxidation sites excluding steroid dienone is 15. The standard InChI is InChI=1S/C72H131N2O6P/c1-6-8-10-12-14-16-18-20-22-24-26-28-30-31-32-33-34-35-36-37-38-39-40-41-42-43-44-46-48-50-52-54-56-58-60-62-64-66-72(76)73-70(69-80-81(77,78)79-68-67-74(3,4)5)71(75)65-63-61-59-57-55-53-51-49-47-45-29-27-25-23-21-19-17-15-13-11-9-7-2/h8,10,14,16,20,22,26,28,31-32,34-35,55,57,63,65,70-71,75H,6-7,9,11-13,15,17-19,21,23-25,27,29-30,33,36-54,56,58-62,64,66-69H2,1-5H3,(H-,73,76,77,78)/b10-8-,16-14-,22-20-,28-26-,32-31-,35-34-,57-55+,65-63+. The number of phosphoric ester groups is 1. The second-order valence-electron chi connectivity index (χ2n) is 24.1. The van der Waals surface area contributed by atoms with Gasteiger partial charge in [-0.25, -0.2) is 0 Å². The van der Waals surface area contributed by atoms with E-state index in [-0.39, 0.29) is 12.5 Å². The van der Waals surface area contributed by atoms with Gasteiger partial charge in [-0.3, -0.25) is 9.36 Å². The molecule has 0 bridgehead atoms. The van der Waals surface area contributed by atoms with Gasteiger partial charge in [-0.2, -0.15) is 0 Å². The minimum atomic E-state index is -4.61. The van der Waals surface area contributed by atoms with Crippen molar-refractivity contribution in [3.8, 4) is 0 Å². The Morgan fingerprint density at radius 2 is 0.765 bits per heavy atom. The van der Waals surface area contributed by atoms with E-state index in [4.69, 9.17) is 9.05 Å². The Hall–Kier alpha value is -2.58. The molecule has 0 heterocycles. The molecule has 9 heteroatoms. The lowest BCUT2D eigenvalue weighted by Crippen LogP contribution is -2.45. The van der Waals surface area contributed by atoms with E-state index in [1.54, 1.807) is 6.08 Å². The third-order valence-corrected chi connectivity index (χ3v) is 16.0. The number of amides is 1. The smallest absolute Gasteiger partial charge is 0.268 e. The third kappa shape index (κ3) is 64.8. The number of aliphatic hydroxyl groups is 1. The molecule has 0 aromatic rings. The number of phosphoric acid groups is 1. The Morgan fingerprint density at radius 1 is 0.444 bits per heavy atom. The molecule has 8 nitrogen and oxygen atoms in total. The summed E-state index contributed by atoms with van der Waals surface area (Å²) in [6.45, 7) is 4.54. The fourth-order valence-corrected chi connectivity index (χ4v) is 10.5. The van der Waals surface area contributed by atoms with Crippen molar-refractivity contribution in [2.24, 2.45) is 0 Å². The molecule has 0 aliphatic rings. The Balaban J connectivity index is 4.07. The molecule has 0 aliphatic heterocycles. The molecule has 470 valence electrons. The van der Waals surface area contributed by atoms with Crippen molar-refractivity contribution < 1.29 is 32.9 Å². The number of aliphatic hydroxyl groups excluding tert-OH is 1. The molecule has 0 spiro atoms. The Kier molecular flexibility index (Phi) is 60.0. The van der Waals surface area contributed by atoms with Crippen LogP contribution < -0.4 is 10.2 Å². The summed E-state index contributed by atoms with van der Waals surface area (Å²) in [6, 6.07) is -0.908. The molecule has 2 N–H and O–H groups in total.